The Morgan fingerprint density at radius 1 is 1.20 bits per heavy atom. The van der Waals surface area contributed by atoms with Gasteiger partial charge in [0.05, 0.1) is 6.54 Å². The van der Waals surface area contributed by atoms with E-state index in [0.29, 0.717) is 13.1 Å². The van der Waals surface area contributed by atoms with Crippen molar-refractivity contribution in [3.05, 3.63) is 52.2 Å². The number of nitrogens with one attached hydrogen (secondary N) is 2. The number of para-hydroxylation sites is 1. The van der Waals surface area contributed by atoms with Crippen LogP contribution in [0.3, 0.4) is 0 Å². The minimum Gasteiger partial charge on any atom is -0.483 e. The molecule has 2 rings (SSSR count). The summed E-state index contributed by atoms with van der Waals surface area (Å²) in [6.07, 6.45) is 0. The van der Waals surface area contributed by atoms with E-state index in [1.54, 1.807) is 11.3 Å². The number of ether oxygens (including phenoxy) is 1. The minimum atomic E-state index is -0.113. The SMILES string of the molecule is CNCc1ccccc1OCC(=O)NCc1cccs1. The summed E-state index contributed by atoms with van der Waals surface area (Å²) >= 11 is 1.62. The molecule has 1 heterocycles. The maximum atomic E-state index is 11.7. The van der Waals surface area contributed by atoms with Gasteiger partial charge in [-0.1, -0.05) is 24.3 Å². The van der Waals surface area contributed by atoms with E-state index in [0.717, 1.165) is 16.2 Å². The second-order valence-electron chi connectivity index (χ2n) is 4.28. The van der Waals surface area contributed by atoms with Crippen molar-refractivity contribution >= 4 is 17.2 Å². The molecule has 0 unspecified atom stereocenters. The molecule has 1 amide bonds. The zero-order valence-electron chi connectivity index (χ0n) is 11.4. The first-order chi connectivity index (χ1) is 9.79. The highest BCUT2D eigenvalue weighted by Crippen LogP contribution is 2.17. The van der Waals surface area contributed by atoms with E-state index in [1.165, 1.54) is 0 Å². The topological polar surface area (TPSA) is 50.4 Å². The molecule has 0 atom stereocenters. The van der Waals surface area contributed by atoms with Gasteiger partial charge in [-0.25, -0.2) is 0 Å². The van der Waals surface area contributed by atoms with Gasteiger partial charge in [-0.3, -0.25) is 4.79 Å². The molecule has 0 bridgehead atoms. The van der Waals surface area contributed by atoms with Crippen molar-refractivity contribution < 1.29 is 9.53 Å². The second-order valence-corrected chi connectivity index (χ2v) is 5.32. The summed E-state index contributed by atoms with van der Waals surface area (Å²) in [5, 5.41) is 7.91. The molecule has 0 aliphatic carbocycles. The third-order valence-corrected chi connectivity index (χ3v) is 3.61. The molecule has 0 spiro atoms. The van der Waals surface area contributed by atoms with Crippen LogP contribution in [0.1, 0.15) is 10.4 Å². The van der Waals surface area contributed by atoms with Crippen LogP contribution in [-0.4, -0.2) is 19.6 Å². The van der Waals surface area contributed by atoms with Crippen LogP contribution in [0.2, 0.25) is 0 Å². The van der Waals surface area contributed by atoms with Crippen molar-refractivity contribution in [2.24, 2.45) is 0 Å². The number of thiophene rings is 1. The first-order valence-corrected chi connectivity index (χ1v) is 7.32. The van der Waals surface area contributed by atoms with Crippen molar-refractivity contribution in [1.29, 1.82) is 0 Å². The molecule has 0 aliphatic heterocycles. The summed E-state index contributed by atoms with van der Waals surface area (Å²) in [6, 6.07) is 11.7. The van der Waals surface area contributed by atoms with E-state index in [1.807, 2.05) is 48.8 Å². The maximum Gasteiger partial charge on any atom is 0.258 e. The molecule has 2 aromatic rings. The van der Waals surface area contributed by atoms with Crippen LogP contribution in [-0.2, 0) is 17.9 Å². The van der Waals surface area contributed by atoms with Gasteiger partial charge in [0, 0.05) is 17.0 Å². The zero-order chi connectivity index (χ0) is 14.2. The molecule has 0 radical (unpaired) electrons. The fourth-order valence-electron chi connectivity index (χ4n) is 1.77. The Kier molecular flexibility index (Phi) is 5.58. The first kappa shape index (κ1) is 14.6. The predicted octanol–water partition coefficient (Wildman–Crippen LogP) is 2.16. The highest BCUT2D eigenvalue weighted by molar-refractivity contribution is 7.09. The fourth-order valence-corrected chi connectivity index (χ4v) is 2.42. The lowest BCUT2D eigenvalue weighted by molar-refractivity contribution is -0.123. The van der Waals surface area contributed by atoms with Gasteiger partial charge in [0.1, 0.15) is 5.75 Å². The average molecular weight is 290 g/mol. The molecule has 0 aliphatic rings. The fraction of sp³-hybridized carbons (Fsp3) is 0.267. The highest BCUT2D eigenvalue weighted by atomic mass is 32.1. The summed E-state index contributed by atoms with van der Waals surface area (Å²) in [5.41, 5.74) is 1.04. The van der Waals surface area contributed by atoms with Gasteiger partial charge in [-0.2, -0.15) is 0 Å². The molecule has 4 nitrogen and oxygen atoms in total. The van der Waals surface area contributed by atoms with Gasteiger partial charge in [-0.05, 0) is 24.6 Å². The summed E-state index contributed by atoms with van der Waals surface area (Å²) in [4.78, 5) is 12.9. The number of hydrogen-bond acceptors (Lipinski definition) is 4. The lowest BCUT2D eigenvalue weighted by Crippen LogP contribution is -2.28. The van der Waals surface area contributed by atoms with E-state index in [9.17, 15) is 4.79 Å². The number of rotatable bonds is 7. The predicted molar refractivity (Wildman–Crippen MR) is 80.9 cm³/mol. The molecule has 20 heavy (non-hydrogen) atoms. The molecule has 2 N–H and O–H groups in total. The van der Waals surface area contributed by atoms with Crippen LogP contribution in [0.15, 0.2) is 41.8 Å². The summed E-state index contributed by atoms with van der Waals surface area (Å²) in [5.74, 6) is 0.630. The van der Waals surface area contributed by atoms with Crippen LogP contribution >= 0.6 is 11.3 Å². The Bertz CT molecular complexity index is 541. The van der Waals surface area contributed by atoms with Gasteiger partial charge in [0.15, 0.2) is 6.61 Å². The van der Waals surface area contributed by atoms with Gasteiger partial charge < -0.3 is 15.4 Å². The molecule has 1 aromatic heterocycles. The Morgan fingerprint density at radius 2 is 2.05 bits per heavy atom. The summed E-state index contributed by atoms with van der Waals surface area (Å²) < 4.78 is 5.57. The Labute approximate surface area is 122 Å². The molecule has 1 aromatic carbocycles. The van der Waals surface area contributed by atoms with Gasteiger partial charge in [0.2, 0.25) is 0 Å². The average Bonchev–Trinajstić information content (AvgIpc) is 2.98. The Hall–Kier alpha value is -1.85. The smallest absolute Gasteiger partial charge is 0.258 e. The number of carbonyl (C=O) groups excluding carboxylic acids is 1. The number of carbonyl (C=O) groups is 1. The van der Waals surface area contributed by atoms with Crippen molar-refractivity contribution in [3.63, 3.8) is 0 Å². The van der Waals surface area contributed by atoms with Crippen LogP contribution in [0.4, 0.5) is 0 Å². The number of benzene rings is 1. The van der Waals surface area contributed by atoms with Crippen LogP contribution in [0, 0.1) is 0 Å². The molecular weight excluding hydrogens is 272 g/mol. The lowest BCUT2D eigenvalue weighted by atomic mass is 10.2. The Balaban J connectivity index is 1.81. The first-order valence-electron chi connectivity index (χ1n) is 6.44. The molecule has 106 valence electrons. The van der Waals surface area contributed by atoms with Gasteiger partial charge >= 0.3 is 0 Å². The van der Waals surface area contributed by atoms with Gasteiger partial charge in [0.25, 0.3) is 5.91 Å². The number of hydrogen-bond donors (Lipinski definition) is 2. The third-order valence-electron chi connectivity index (χ3n) is 2.74. The second kappa shape index (κ2) is 7.67. The summed E-state index contributed by atoms with van der Waals surface area (Å²) in [6.45, 7) is 1.30. The zero-order valence-corrected chi connectivity index (χ0v) is 12.2. The Morgan fingerprint density at radius 3 is 2.80 bits per heavy atom. The molecular formula is C15H18N2O2S. The van der Waals surface area contributed by atoms with Crippen molar-refractivity contribution in [2.45, 2.75) is 13.1 Å². The van der Waals surface area contributed by atoms with E-state index in [2.05, 4.69) is 10.6 Å². The quantitative estimate of drug-likeness (QED) is 0.821. The van der Waals surface area contributed by atoms with Gasteiger partial charge in [-0.15, -0.1) is 11.3 Å². The van der Waals surface area contributed by atoms with Crippen LogP contribution in [0.5, 0.6) is 5.75 Å². The largest absolute Gasteiger partial charge is 0.483 e. The van der Waals surface area contributed by atoms with E-state index < -0.39 is 0 Å². The maximum absolute atomic E-state index is 11.7. The van der Waals surface area contributed by atoms with E-state index >= 15 is 0 Å². The lowest BCUT2D eigenvalue weighted by Gasteiger charge is -2.11. The number of amides is 1. The highest BCUT2D eigenvalue weighted by Gasteiger charge is 2.06. The van der Waals surface area contributed by atoms with E-state index in [4.69, 9.17) is 4.74 Å². The molecule has 0 fully saturated rings. The molecule has 0 saturated carbocycles. The molecule has 0 saturated heterocycles. The van der Waals surface area contributed by atoms with Crippen molar-refractivity contribution in [3.8, 4) is 5.75 Å². The molecule has 5 heteroatoms. The van der Waals surface area contributed by atoms with E-state index in [-0.39, 0.29) is 12.5 Å². The summed E-state index contributed by atoms with van der Waals surface area (Å²) in [7, 11) is 1.88. The standard InChI is InChI=1S/C15H18N2O2S/c1-16-9-12-5-2-3-7-14(12)19-11-15(18)17-10-13-6-4-8-20-13/h2-8,16H,9-11H2,1H3,(H,17,18). The normalized spacial score (nSPS) is 10.2. The van der Waals surface area contributed by atoms with Crippen LogP contribution < -0.4 is 15.4 Å². The third kappa shape index (κ3) is 4.36. The monoisotopic (exact) mass is 290 g/mol. The van der Waals surface area contributed by atoms with Crippen molar-refractivity contribution in [2.75, 3.05) is 13.7 Å². The van der Waals surface area contributed by atoms with Crippen molar-refractivity contribution in [1.82, 2.24) is 10.6 Å². The van der Waals surface area contributed by atoms with Crippen LogP contribution in [0.25, 0.3) is 0 Å². The minimum absolute atomic E-state index is 0.0338.